The molecule has 1 aliphatic heterocycles. The number of amides is 2. The van der Waals surface area contributed by atoms with Gasteiger partial charge in [-0.15, -0.1) is 0 Å². The molecule has 1 saturated heterocycles. The standard InChI is InChI=1S/C14H21N3O/c1-11-5-3-6-12(9-11)16-14(18)17-8-4-7-13(10-17)15-2/h3,5-6,9,13,15H,4,7-8,10H2,1-2H3,(H,16,18)/t13-/m0/s1. The zero-order chi connectivity index (χ0) is 13.0. The molecule has 98 valence electrons. The van der Waals surface area contributed by atoms with Crippen LogP contribution in [0.4, 0.5) is 10.5 Å². The molecule has 0 radical (unpaired) electrons. The van der Waals surface area contributed by atoms with Crippen LogP contribution in [0, 0.1) is 6.92 Å². The summed E-state index contributed by atoms with van der Waals surface area (Å²) in [5.74, 6) is 0. The van der Waals surface area contributed by atoms with E-state index in [1.54, 1.807) is 0 Å². The molecular formula is C14H21N3O. The summed E-state index contributed by atoms with van der Waals surface area (Å²) in [5.41, 5.74) is 2.02. The maximum Gasteiger partial charge on any atom is 0.321 e. The Hall–Kier alpha value is -1.55. The molecule has 4 nitrogen and oxygen atoms in total. The van der Waals surface area contributed by atoms with Gasteiger partial charge in [0.2, 0.25) is 0 Å². The zero-order valence-electron chi connectivity index (χ0n) is 11.1. The van der Waals surface area contributed by atoms with Crippen LogP contribution in [0.1, 0.15) is 18.4 Å². The Morgan fingerprint density at radius 1 is 1.44 bits per heavy atom. The first-order valence-corrected chi connectivity index (χ1v) is 6.49. The van der Waals surface area contributed by atoms with Gasteiger partial charge in [0, 0.05) is 24.8 Å². The Bertz CT molecular complexity index is 419. The number of carbonyl (C=O) groups is 1. The summed E-state index contributed by atoms with van der Waals surface area (Å²) in [6.45, 7) is 3.65. The normalized spacial score (nSPS) is 19.7. The lowest BCUT2D eigenvalue weighted by molar-refractivity contribution is 0.187. The molecule has 1 fully saturated rings. The van der Waals surface area contributed by atoms with Gasteiger partial charge in [0.25, 0.3) is 0 Å². The third kappa shape index (κ3) is 3.23. The van der Waals surface area contributed by atoms with Crippen molar-refractivity contribution in [3.05, 3.63) is 29.8 Å². The molecule has 0 aromatic heterocycles. The predicted molar refractivity (Wildman–Crippen MR) is 73.9 cm³/mol. The molecule has 1 aromatic rings. The van der Waals surface area contributed by atoms with Crippen molar-refractivity contribution in [2.45, 2.75) is 25.8 Å². The lowest BCUT2D eigenvalue weighted by Crippen LogP contribution is -2.48. The predicted octanol–water partition coefficient (Wildman–Crippen LogP) is 2.21. The van der Waals surface area contributed by atoms with E-state index in [0.29, 0.717) is 6.04 Å². The average molecular weight is 247 g/mol. The number of hydrogen-bond acceptors (Lipinski definition) is 2. The highest BCUT2D eigenvalue weighted by atomic mass is 16.2. The van der Waals surface area contributed by atoms with E-state index in [0.717, 1.165) is 37.2 Å². The summed E-state index contributed by atoms with van der Waals surface area (Å²) in [6.07, 6.45) is 2.21. The lowest BCUT2D eigenvalue weighted by Gasteiger charge is -2.32. The monoisotopic (exact) mass is 247 g/mol. The number of likely N-dealkylation sites (tertiary alicyclic amines) is 1. The van der Waals surface area contributed by atoms with Crippen LogP contribution >= 0.6 is 0 Å². The summed E-state index contributed by atoms with van der Waals surface area (Å²) in [5, 5.41) is 6.20. The van der Waals surface area contributed by atoms with Crippen LogP contribution in [0.5, 0.6) is 0 Å². The number of rotatable bonds is 2. The Balaban J connectivity index is 1.95. The van der Waals surface area contributed by atoms with Gasteiger partial charge in [0.15, 0.2) is 0 Å². The van der Waals surface area contributed by atoms with Crippen LogP contribution in [0.2, 0.25) is 0 Å². The van der Waals surface area contributed by atoms with Crippen LogP contribution in [-0.2, 0) is 0 Å². The zero-order valence-corrected chi connectivity index (χ0v) is 11.1. The van der Waals surface area contributed by atoms with Crippen molar-refractivity contribution in [3.8, 4) is 0 Å². The second-order valence-corrected chi connectivity index (χ2v) is 4.87. The smallest absolute Gasteiger partial charge is 0.321 e. The first-order valence-electron chi connectivity index (χ1n) is 6.49. The van der Waals surface area contributed by atoms with E-state index in [1.165, 1.54) is 0 Å². The summed E-state index contributed by atoms with van der Waals surface area (Å²) in [6, 6.07) is 8.30. The summed E-state index contributed by atoms with van der Waals surface area (Å²) < 4.78 is 0. The Labute approximate surface area is 108 Å². The number of hydrogen-bond donors (Lipinski definition) is 2. The lowest BCUT2D eigenvalue weighted by atomic mass is 10.1. The second kappa shape index (κ2) is 5.87. The molecule has 1 aliphatic rings. The van der Waals surface area contributed by atoms with Crippen molar-refractivity contribution < 1.29 is 4.79 Å². The van der Waals surface area contributed by atoms with Crippen LogP contribution < -0.4 is 10.6 Å². The highest BCUT2D eigenvalue weighted by Crippen LogP contribution is 2.14. The third-order valence-electron chi connectivity index (χ3n) is 3.39. The van der Waals surface area contributed by atoms with E-state index in [9.17, 15) is 4.79 Å². The van der Waals surface area contributed by atoms with Gasteiger partial charge in [-0.3, -0.25) is 0 Å². The Morgan fingerprint density at radius 3 is 3.00 bits per heavy atom. The first kappa shape index (κ1) is 12.9. The van der Waals surface area contributed by atoms with E-state index < -0.39 is 0 Å². The van der Waals surface area contributed by atoms with Gasteiger partial charge in [-0.05, 0) is 44.5 Å². The number of aryl methyl sites for hydroxylation is 1. The topological polar surface area (TPSA) is 44.4 Å². The van der Waals surface area contributed by atoms with Crippen LogP contribution in [0.15, 0.2) is 24.3 Å². The van der Waals surface area contributed by atoms with Gasteiger partial charge in [-0.25, -0.2) is 4.79 Å². The van der Waals surface area contributed by atoms with E-state index in [4.69, 9.17) is 0 Å². The third-order valence-corrected chi connectivity index (χ3v) is 3.39. The highest BCUT2D eigenvalue weighted by Gasteiger charge is 2.22. The minimum Gasteiger partial charge on any atom is -0.323 e. The van der Waals surface area contributed by atoms with Crippen LogP contribution in [-0.4, -0.2) is 37.1 Å². The van der Waals surface area contributed by atoms with Crippen LogP contribution in [0.25, 0.3) is 0 Å². The highest BCUT2D eigenvalue weighted by molar-refractivity contribution is 5.89. The van der Waals surface area contributed by atoms with Gasteiger partial charge >= 0.3 is 6.03 Å². The van der Waals surface area contributed by atoms with E-state index >= 15 is 0 Å². The molecule has 2 amide bonds. The maximum atomic E-state index is 12.1. The van der Waals surface area contributed by atoms with Gasteiger partial charge in [-0.2, -0.15) is 0 Å². The molecule has 0 spiro atoms. The minimum absolute atomic E-state index is 0.000509. The van der Waals surface area contributed by atoms with Crippen molar-refractivity contribution in [1.29, 1.82) is 0 Å². The Morgan fingerprint density at radius 2 is 2.28 bits per heavy atom. The molecular weight excluding hydrogens is 226 g/mol. The van der Waals surface area contributed by atoms with Gasteiger partial charge in [-0.1, -0.05) is 12.1 Å². The van der Waals surface area contributed by atoms with Crippen molar-refractivity contribution in [3.63, 3.8) is 0 Å². The fourth-order valence-corrected chi connectivity index (χ4v) is 2.32. The number of nitrogens with one attached hydrogen (secondary N) is 2. The number of piperidine rings is 1. The first-order chi connectivity index (χ1) is 8.69. The van der Waals surface area contributed by atoms with Crippen molar-refractivity contribution >= 4 is 11.7 Å². The van der Waals surface area contributed by atoms with E-state index in [2.05, 4.69) is 10.6 Å². The number of benzene rings is 1. The molecule has 4 heteroatoms. The Kier molecular flexibility index (Phi) is 4.20. The molecule has 1 atom stereocenters. The molecule has 2 N–H and O–H groups in total. The fourth-order valence-electron chi connectivity index (χ4n) is 2.32. The number of carbonyl (C=O) groups excluding carboxylic acids is 1. The summed E-state index contributed by atoms with van der Waals surface area (Å²) >= 11 is 0. The fraction of sp³-hybridized carbons (Fsp3) is 0.500. The van der Waals surface area contributed by atoms with Crippen molar-refractivity contribution in [2.75, 3.05) is 25.5 Å². The summed E-state index contributed by atoms with van der Waals surface area (Å²) in [7, 11) is 1.95. The van der Waals surface area contributed by atoms with Crippen molar-refractivity contribution in [1.82, 2.24) is 10.2 Å². The van der Waals surface area contributed by atoms with Gasteiger partial charge in [0.05, 0.1) is 0 Å². The number of likely N-dealkylation sites (N-methyl/N-ethyl adjacent to an activating group) is 1. The maximum absolute atomic E-state index is 12.1. The number of urea groups is 1. The second-order valence-electron chi connectivity index (χ2n) is 4.87. The molecule has 0 bridgehead atoms. The van der Waals surface area contributed by atoms with Gasteiger partial charge < -0.3 is 15.5 Å². The molecule has 0 aliphatic carbocycles. The molecule has 18 heavy (non-hydrogen) atoms. The largest absolute Gasteiger partial charge is 0.323 e. The number of nitrogens with zero attached hydrogens (tertiary/aromatic N) is 1. The van der Waals surface area contributed by atoms with Crippen LogP contribution in [0.3, 0.4) is 0 Å². The number of anilines is 1. The molecule has 1 heterocycles. The van der Waals surface area contributed by atoms with E-state index in [1.807, 2.05) is 43.1 Å². The quantitative estimate of drug-likeness (QED) is 0.841. The average Bonchev–Trinajstić information content (AvgIpc) is 2.39. The minimum atomic E-state index is 0.000509. The molecule has 0 saturated carbocycles. The SMILES string of the molecule is CN[C@H]1CCCN(C(=O)Nc2cccc(C)c2)C1. The van der Waals surface area contributed by atoms with Crippen molar-refractivity contribution in [2.24, 2.45) is 0 Å². The molecule has 1 aromatic carbocycles. The molecule has 2 rings (SSSR count). The van der Waals surface area contributed by atoms with Gasteiger partial charge in [0.1, 0.15) is 0 Å². The van der Waals surface area contributed by atoms with E-state index in [-0.39, 0.29) is 6.03 Å². The molecule has 0 unspecified atom stereocenters. The summed E-state index contributed by atoms with van der Waals surface area (Å²) in [4.78, 5) is 14.0.